The number of carbonyl (C=O) groups excluding carboxylic acids is 1. The molecule has 3 heterocycles. The summed E-state index contributed by atoms with van der Waals surface area (Å²) in [7, 11) is 0. The highest BCUT2D eigenvalue weighted by Gasteiger charge is 2.25. The molecule has 1 unspecified atom stereocenters. The minimum atomic E-state index is -0.184. The zero-order chi connectivity index (χ0) is 17.8. The minimum absolute atomic E-state index is 0.0241. The molecule has 7 nitrogen and oxygen atoms in total. The van der Waals surface area contributed by atoms with E-state index in [2.05, 4.69) is 20.4 Å². The van der Waals surface area contributed by atoms with E-state index in [1.807, 2.05) is 42.5 Å². The smallest absolute Gasteiger partial charge is 0.228 e. The molecule has 1 aliphatic rings. The van der Waals surface area contributed by atoms with Crippen LogP contribution in [0.4, 0.5) is 0 Å². The molecule has 3 aromatic rings. The summed E-state index contributed by atoms with van der Waals surface area (Å²) in [5, 5.41) is 6.84. The van der Waals surface area contributed by atoms with Crippen molar-refractivity contribution in [2.75, 3.05) is 13.2 Å². The van der Waals surface area contributed by atoms with Gasteiger partial charge >= 0.3 is 0 Å². The van der Waals surface area contributed by atoms with Crippen LogP contribution in [0.5, 0.6) is 5.75 Å². The third kappa shape index (κ3) is 3.56. The number of nitrogens with one attached hydrogen (secondary N) is 1. The normalized spacial score (nSPS) is 15.8. The Morgan fingerprint density at radius 1 is 1.19 bits per heavy atom. The second-order valence-electron chi connectivity index (χ2n) is 6.09. The molecule has 0 saturated heterocycles. The number of hydrogen-bond acceptors (Lipinski definition) is 6. The van der Waals surface area contributed by atoms with Crippen LogP contribution in [0.1, 0.15) is 11.5 Å². The number of ether oxygens (including phenoxy) is 1. The Morgan fingerprint density at radius 3 is 2.96 bits per heavy atom. The molecule has 2 aromatic heterocycles. The molecule has 26 heavy (non-hydrogen) atoms. The zero-order valence-electron chi connectivity index (χ0n) is 14.1. The first-order valence-electron chi connectivity index (χ1n) is 8.52. The number of nitrogens with zero attached hydrogens (tertiary/aromatic N) is 3. The third-order valence-electron chi connectivity index (χ3n) is 4.25. The lowest BCUT2D eigenvalue weighted by Crippen LogP contribution is -2.38. The lowest BCUT2D eigenvalue weighted by molar-refractivity contribution is -0.126. The van der Waals surface area contributed by atoms with Gasteiger partial charge in [-0.3, -0.25) is 9.78 Å². The monoisotopic (exact) mass is 350 g/mol. The van der Waals surface area contributed by atoms with Crippen molar-refractivity contribution in [2.45, 2.75) is 12.8 Å². The number of hydrogen-bond donors (Lipinski definition) is 1. The fraction of sp³-hybridized carbons (Fsp3) is 0.263. The van der Waals surface area contributed by atoms with Gasteiger partial charge in [0.2, 0.25) is 17.6 Å². The van der Waals surface area contributed by atoms with E-state index in [1.54, 1.807) is 6.20 Å². The van der Waals surface area contributed by atoms with Gasteiger partial charge < -0.3 is 14.6 Å². The molecule has 1 N–H and O–H groups in total. The van der Waals surface area contributed by atoms with Crippen LogP contribution in [0.3, 0.4) is 0 Å². The molecule has 0 saturated carbocycles. The second kappa shape index (κ2) is 7.35. The number of carbonyl (C=O) groups is 1. The van der Waals surface area contributed by atoms with Crippen LogP contribution in [0.25, 0.3) is 11.5 Å². The van der Waals surface area contributed by atoms with E-state index in [0.29, 0.717) is 43.4 Å². The minimum Gasteiger partial charge on any atom is -0.492 e. The predicted molar refractivity (Wildman–Crippen MR) is 93.4 cm³/mol. The van der Waals surface area contributed by atoms with Gasteiger partial charge in [0.1, 0.15) is 18.1 Å². The van der Waals surface area contributed by atoms with E-state index < -0.39 is 0 Å². The first-order valence-corrected chi connectivity index (χ1v) is 8.52. The van der Waals surface area contributed by atoms with E-state index in [4.69, 9.17) is 9.26 Å². The van der Waals surface area contributed by atoms with Crippen molar-refractivity contribution in [3.8, 4) is 17.3 Å². The molecule has 1 aromatic carbocycles. The zero-order valence-corrected chi connectivity index (χ0v) is 14.1. The molecule has 4 rings (SSSR count). The summed E-state index contributed by atoms with van der Waals surface area (Å²) < 4.78 is 10.9. The number of para-hydroxylation sites is 1. The summed E-state index contributed by atoms with van der Waals surface area (Å²) in [6, 6.07) is 13.3. The van der Waals surface area contributed by atoms with Gasteiger partial charge in [0, 0.05) is 19.2 Å². The molecule has 1 atom stereocenters. The van der Waals surface area contributed by atoms with Crippen molar-refractivity contribution >= 4 is 5.91 Å². The maximum atomic E-state index is 12.4. The van der Waals surface area contributed by atoms with Crippen molar-refractivity contribution in [2.24, 2.45) is 5.92 Å². The highest BCUT2D eigenvalue weighted by molar-refractivity contribution is 5.79. The Labute approximate surface area is 150 Å². The number of amides is 1. The summed E-state index contributed by atoms with van der Waals surface area (Å²) in [6.45, 7) is 0.827. The number of pyridine rings is 1. The summed E-state index contributed by atoms with van der Waals surface area (Å²) in [5.41, 5.74) is 1.72. The van der Waals surface area contributed by atoms with Crippen LogP contribution >= 0.6 is 0 Å². The average Bonchev–Trinajstić information content (AvgIpc) is 3.17. The van der Waals surface area contributed by atoms with Crippen LogP contribution in [0.2, 0.25) is 0 Å². The first-order chi connectivity index (χ1) is 12.8. The van der Waals surface area contributed by atoms with Gasteiger partial charge in [-0.05, 0) is 30.2 Å². The van der Waals surface area contributed by atoms with Crippen molar-refractivity contribution < 1.29 is 14.1 Å². The van der Waals surface area contributed by atoms with E-state index in [0.717, 1.165) is 11.3 Å². The molecule has 7 heteroatoms. The molecule has 132 valence electrons. The fourth-order valence-electron chi connectivity index (χ4n) is 2.89. The van der Waals surface area contributed by atoms with E-state index in [9.17, 15) is 4.79 Å². The first kappa shape index (κ1) is 16.3. The Bertz CT molecular complexity index is 895. The SMILES string of the molecule is O=C(NCCc1nc(-c2ccccn2)no1)C1COc2ccccc2C1. The number of aromatic nitrogens is 3. The van der Waals surface area contributed by atoms with Gasteiger partial charge in [-0.2, -0.15) is 4.98 Å². The van der Waals surface area contributed by atoms with Crippen LogP contribution in [0, 0.1) is 5.92 Å². The highest BCUT2D eigenvalue weighted by Crippen LogP contribution is 2.26. The van der Waals surface area contributed by atoms with Gasteiger partial charge in [-0.15, -0.1) is 0 Å². The Hall–Kier alpha value is -3.22. The van der Waals surface area contributed by atoms with Crippen LogP contribution < -0.4 is 10.1 Å². The summed E-state index contributed by atoms with van der Waals surface area (Å²) in [5.74, 6) is 1.57. The quantitative estimate of drug-likeness (QED) is 0.757. The van der Waals surface area contributed by atoms with Crippen LogP contribution in [-0.4, -0.2) is 34.2 Å². The molecule has 1 aliphatic heterocycles. The lowest BCUT2D eigenvalue weighted by atomic mass is 9.96. The lowest BCUT2D eigenvalue weighted by Gasteiger charge is -2.24. The summed E-state index contributed by atoms with van der Waals surface area (Å²) in [6.07, 6.45) is 2.83. The van der Waals surface area contributed by atoms with Gasteiger partial charge in [-0.1, -0.05) is 29.4 Å². The standard InChI is InChI=1S/C19H18N4O3/c24-19(14-11-13-5-1-2-7-16(13)25-12-14)21-10-8-17-22-18(23-26-17)15-6-3-4-9-20-15/h1-7,9,14H,8,10-12H2,(H,21,24). The van der Waals surface area contributed by atoms with Crippen molar-refractivity contribution in [1.29, 1.82) is 0 Å². The Kier molecular flexibility index (Phi) is 4.59. The van der Waals surface area contributed by atoms with Crippen LogP contribution in [0.15, 0.2) is 53.2 Å². The predicted octanol–water partition coefficient (Wildman–Crippen LogP) is 2.04. The van der Waals surface area contributed by atoms with Crippen molar-refractivity contribution in [3.05, 3.63) is 60.1 Å². The molecule has 0 fully saturated rings. The maximum Gasteiger partial charge on any atom is 0.228 e. The fourth-order valence-corrected chi connectivity index (χ4v) is 2.89. The molecule has 0 spiro atoms. The van der Waals surface area contributed by atoms with E-state index in [-0.39, 0.29) is 11.8 Å². The molecular formula is C19H18N4O3. The largest absolute Gasteiger partial charge is 0.492 e. The second-order valence-corrected chi connectivity index (χ2v) is 6.09. The number of rotatable bonds is 5. The van der Waals surface area contributed by atoms with Gasteiger partial charge in [0.25, 0.3) is 0 Å². The van der Waals surface area contributed by atoms with Gasteiger partial charge in [0.05, 0.1) is 5.92 Å². The molecule has 0 aliphatic carbocycles. The summed E-state index contributed by atoms with van der Waals surface area (Å²) >= 11 is 0. The average molecular weight is 350 g/mol. The maximum absolute atomic E-state index is 12.4. The Balaban J connectivity index is 1.29. The number of benzene rings is 1. The Morgan fingerprint density at radius 2 is 2.08 bits per heavy atom. The topological polar surface area (TPSA) is 90.1 Å². The van der Waals surface area contributed by atoms with Gasteiger partial charge in [0.15, 0.2) is 0 Å². The van der Waals surface area contributed by atoms with Gasteiger partial charge in [-0.25, -0.2) is 0 Å². The number of fused-ring (bicyclic) bond motifs is 1. The summed E-state index contributed by atoms with van der Waals surface area (Å²) in [4.78, 5) is 20.8. The van der Waals surface area contributed by atoms with E-state index in [1.165, 1.54) is 0 Å². The molecular weight excluding hydrogens is 332 g/mol. The molecule has 1 amide bonds. The third-order valence-corrected chi connectivity index (χ3v) is 4.25. The van der Waals surface area contributed by atoms with Crippen molar-refractivity contribution in [3.63, 3.8) is 0 Å². The van der Waals surface area contributed by atoms with Crippen LogP contribution in [-0.2, 0) is 17.6 Å². The molecule has 0 bridgehead atoms. The van der Waals surface area contributed by atoms with Crippen molar-refractivity contribution in [1.82, 2.24) is 20.4 Å². The van der Waals surface area contributed by atoms with E-state index >= 15 is 0 Å². The molecule has 0 radical (unpaired) electrons. The highest BCUT2D eigenvalue weighted by atomic mass is 16.5.